The standard InChI is InChI=1S/C13H15N3O4S/c1-9-11(13(17)18)4-3-5-12(9)21(19,20)14-8-10-6-7-16(2)15-10/h3-7,14H,8H2,1-2H3,(H,17,18). The number of benzene rings is 1. The summed E-state index contributed by atoms with van der Waals surface area (Å²) >= 11 is 0. The second kappa shape index (κ2) is 5.66. The first-order chi connectivity index (χ1) is 9.81. The van der Waals surface area contributed by atoms with Gasteiger partial charge in [0.05, 0.1) is 22.7 Å². The third-order valence-electron chi connectivity index (χ3n) is 3.02. The van der Waals surface area contributed by atoms with Crippen LogP contribution in [0.15, 0.2) is 35.4 Å². The quantitative estimate of drug-likeness (QED) is 0.854. The molecule has 0 spiro atoms. The Morgan fingerprint density at radius 1 is 1.38 bits per heavy atom. The predicted molar refractivity (Wildman–Crippen MR) is 75.4 cm³/mol. The highest BCUT2D eigenvalue weighted by Crippen LogP contribution is 2.19. The van der Waals surface area contributed by atoms with Crippen molar-refractivity contribution in [2.24, 2.45) is 7.05 Å². The molecule has 21 heavy (non-hydrogen) atoms. The van der Waals surface area contributed by atoms with Gasteiger partial charge in [0.1, 0.15) is 0 Å². The van der Waals surface area contributed by atoms with Crippen LogP contribution in [0.3, 0.4) is 0 Å². The minimum Gasteiger partial charge on any atom is -0.478 e. The Labute approximate surface area is 122 Å². The van der Waals surface area contributed by atoms with E-state index >= 15 is 0 Å². The molecule has 2 aromatic rings. The fourth-order valence-electron chi connectivity index (χ4n) is 1.94. The molecule has 7 nitrogen and oxygen atoms in total. The van der Waals surface area contributed by atoms with Crippen LogP contribution < -0.4 is 4.72 Å². The van der Waals surface area contributed by atoms with Gasteiger partial charge >= 0.3 is 5.97 Å². The lowest BCUT2D eigenvalue weighted by molar-refractivity contribution is 0.0696. The van der Waals surface area contributed by atoms with E-state index in [0.29, 0.717) is 5.69 Å². The molecule has 8 heteroatoms. The first-order valence-corrected chi connectivity index (χ1v) is 7.60. The molecular formula is C13H15N3O4S. The highest BCUT2D eigenvalue weighted by Gasteiger charge is 2.20. The summed E-state index contributed by atoms with van der Waals surface area (Å²) < 4.78 is 28.5. The van der Waals surface area contributed by atoms with E-state index in [1.54, 1.807) is 24.0 Å². The van der Waals surface area contributed by atoms with Crippen molar-refractivity contribution in [2.75, 3.05) is 0 Å². The third-order valence-corrected chi connectivity index (χ3v) is 4.56. The van der Waals surface area contributed by atoms with Crippen molar-refractivity contribution in [3.63, 3.8) is 0 Å². The first kappa shape index (κ1) is 15.2. The van der Waals surface area contributed by atoms with E-state index in [-0.39, 0.29) is 22.6 Å². The molecule has 0 amide bonds. The predicted octanol–water partition coefficient (Wildman–Crippen LogP) is 0.905. The maximum atomic E-state index is 12.3. The molecule has 112 valence electrons. The van der Waals surface area contributed by atoms with Gasteiger partial charge in [-0.25, -0.2) is 17.9 Å². The minimum atomic E-state index is -3.80. The van der Waals surface area contributed by atoms with Crippen molar-refractivity contribution < 1.29 is 18.3 Å². The maximum Gasteiger partial charge on any atom is 0.335 e. The van der Waals surface area contributed by atoms with Gasteiger partial charge in [-0.15, -0.1) is 0 Å². The van der Waals surface area contributed by atoms with Crippen molar-refractivity contribution in [1.29, 1.82) is 0 Å². The normalized spacial score (nSPS) is 11.5. The van der Waals surface area contributed by atoms with Gasteiger partial charge in [0, 0.05) is 13.2 Å². The molecule has 0 unspecified atom stereocenters. The van der Waals surface area contributed by atoms with Gasteiger partial charge in [0.15, 0.2) is 0 Å². The van der Waals surface area contributed by atoms with Gasteiger partial charge in [-0.3, -0.25) is 4.68 Å². The van der Waals surface area contributed by atoms with E-state index < -0.39 is 16.0 Å². The van der Waals surface area contributed by atoms with E-state index in [9.17, 15) is 13.2 Å². The van der Waals surface area contributed by atoms with Gasteiger partial charge < -0.3 is 5.11 Å². The molecule has 1 aromatic carbocycles. The number of aryl methyl sites for hydroxylation is 1. The van der Waals surface area contributed by atoms with Crippen molar-refractivity contribution >= 4 is 16.0 Å². The molecule has 1 aromatic heterocycles. The van der Waals surface area contributed by atoms with Gasteiger partial charge in [-0.2, -0.15) is 5.10 Å². The summed E-state index contributed by atoms with van der Waals surface area (Å²) in [5.41, 5.74) is 0.752. The summed E-state index contributed by atoms with van der Waals surface area (Å²) in [6.45, 7) is 1.51. The monoisotopic (exact) mass is 309 g/mol. The average Bonchev–Trinajstić information content (AvgIpc) is 2.82. The summed E-state index contributed by atoms with van der Waals surface area (Å²) in [7, 11) is -2.06. The summed E-state index contributed by atoms with van der Waals surface area (Å²) in [6, 6.07) is 5.85. The Hall–Kier alpha value is -2.19. The molecule has 1 heterocycles. The van der Waals surface area contributed by atoms with Crippen LogP contribution in [0, 0.1) is 6.92 Å². The molecule has 2 N–H and O–H groups in total. The number of carbonyl (C=O) groups is 1. The lowest BCUT2D eigenvalue weighted by Crippen LogP contribution is -2.25. The third kappa shape index (κ3) is 3.29. The molecule has 0 atom stereocenters. The number of carboxylic acid groups (broad SMARTS) is 1. The van der Waals surface area contributed by atoms with E-state index in [1.165, 1.54) is 25.1 Å². The van der Waals surface area contributed by atoms with Crippen molar-refractivity contribution in [3.05, 3.63) is 47.3 Å². The van der Waals surface area contributed by atoms with Crippen LogP contribution >= 0.6 is 0 Å². The summed E-state index contributed by atoms with van der Waals surface area (Å²) in [5.74, 6) is -1.16. The zero-order valence-electron chi connectivity index (χ0n) is 11.6. The fraction of sp³-hybridized carbons (Fsp3) is 0.231. The summed E-state index contributed by atoms with van der Waals surface area (Å²) in [4.78, 5) is 11.0. The first-order valence-electron chi connectivity index (χ1n) is 6.12. The second-order valence-corrected chi connectivity index (χ2v) is 6.27. The number of nitrogens with zero attached hydrogens (tertiary/aromatic N) is 2. The zero-order chi connectivity index (χ0) is 15.6. The Morgan fingerprint density at radius 2 is 2.10 bits per heavy atom. The number of hydrogen-bond acceptors (Lipinski definition) is 4. The summed E-state index contributed by atoms with van der Waals surface area (Å²) in [5, 5.41) is 13.1. The van der Waals surface area contributed by atoms with Gasteiger partial charge in [-0.1, -0.05) is 6.07 Å². The van der Waals surface area contributed by atoms with Crippen LogP contribution in [-0.2, 0) is 23.6 Å². The second-order valence-electron chi connectivity index (χ2n) is 4.54. The molecule has 0 aliphatic heterocycles. The fourth-order valence-corrected chi connectivity index (χ4v) is 3.21. The number of nitrogens with one attached hydrogen (secondary N) is 1. The van der Waals surface area contributed by atoms with Crippen LogP contribution in [-0.4, -0.2) is 29.3 Å². The molecule has 0 bridgehead atoms. The largest absolute Gasteiger partial charge is 0.478 e. The van der Waals surface area contributed by atoms with E-state index in [0.717, 1.165) is 0 Å². The number of sulfonamides is 1. The topological polar surface area (TPSA) is 101 Å². The Bertz CT molecular complexity index is 780. The van der Waals surface area contributed by atoms with Gasteiger partial charge in [-0.05, 0) is 30.7 Å². The Morgan fingerprint density at radius 3 is 2.67 bits per heavy atom. The molecule has 0 radical (unpaired) electrons. The van der Waals surface area contributed by atoms with Gasteiger partial charge in [0.2, 0.25) is 10.0 Å². The van der Waals surface area contributed by atoms with Crippen molar-refractivity contribution in [1.82, 2.24) is 14.5 Å². The lowest BCUT2D eigenvalue weighted by atomic mass is 10.1. The number of hydrogen-bond donors (Lipinski definition) is 2. The van der Waals surface area contributed by atoms with Crippen LogP contribution in [0.1, 0.15) is 21.6 Å². The SMILES string of the molecule is Cc1c(C(=O)O)cccc1S(=O)(=O)NCc1ccn(C)n1. The molecule has 0 fully saturated rings. The Balaban J connectivity index is 2.27. The van der Waals surface area contributed by atoms with Crippen LogP contribution in [0.25, 0.3) is 0 Å². The average molecular weight is 309 g/mol. The molecular weight excluding hydrogens is 294 g/mol. The number of rotatable bonds is 5. The number of carboxylic acids is 1. The number of aromatic nitrogens is 2. The highest BCUT2D eigenvalue weighted by molar-refractivity contribution is 7.89. The number of aromatic carboxylic acids is 1. The molecule has 0 aliphatic rings. The van der Waals surface area contributed by atoms with E-state index in [2.05, 4.69) is 9.82 Å². The maximum absolute atomic E-state index is 12.3. The lowest BCUT2D eigenvalue weighted by Gasteiger charge is -2.10. The van der Waals surface area contributed by atoms with E-state index in [1.807, 2.05) is 0 Å². The van der Waals surface area contributed by atoms with Crippen LogP contribution in [0.2, 0.25) is 0 Å². The smallest absolute Gasteiger partial charge is 0.335 e. The molecule has 0 aliphatic carbocycles. The molecule has 2 rings (SSSR count). The van der Waals surface area contributed by atoms with Crippen LogP contribution in [0.5, 0.6) is 0 Å². The molecule has 0 saturated heterocycles. The minimum absolute atomic E-state index is 0.0317. The Kier molecular flexibility index (Phi) is 4.10. The zero-order valence-corrected chi connectivity index (χ0v) is 12.4. The van der Waals surface area contributed by atoms with Crippen molar-refractivity contribution in [2.45, 2.75) is 18.4 Å². The van der Waals surface area contributed by atoms with Crippen molar-refractivity contribution in [3.8, 4) is 0 Å². The molecule has 0 saturated carbocycles. The highest BCUT2D eigenvalue weighted by atomic mass is 32.2. The summed E-state index contributed by atoms with van der Waals surface area (Å²) in [6.07, 6.45) is 1.71. The van der Waals surface area contributed by atoms with Gasteiger partial charge in [0.25, 0.3) is 0 Å². The van der Waals surface area contributed by atoms with E-state index in [4.69, 9.17) is 5.11 Å². The van der Waals surface area contributed by atoms with Crippen LogP contribution in [0.4, 0.5) is 0 Å².